The molecule has 1 aliphatic heterocycles. The lowest BCUT2D eigenvalue weighted by Crippen LogP contribution is -2.45. The van der Waals surface area contributed by atoms with E-state index in [-0.39, 0.29) is 17.6 Å². The Morgan fingerprint density at radius 3 is 2.25 bits per heavy atom. The Labute approximate surface area is 150 Å². The molecule has 1 fully saturated rings. The normalized spacial score (nSPS) is 16.3. The van der Waals surface area contributed by atoms with Gasteiger partial charge in [0.1, 0.15) is 6.04 Å². The van der Waals surface area contributed by atoms with Crippen molar-refractivity contribution >= 4 is 22.5 Å². The largest absolute Gasteiger partial charge is 0.355 e. The number of ether oxygens (including phenoxy) is 2. The highest BCUT2D eigenvalue weighted by Gasteiger charge is 2.31. The monoisotopic (exact) mass is 353 g/mol. The lowest BCUT2D eigenvalue weighted by atomic mass is 9.99. The second kappa shape index (κ2) is 9.40. The van der Waals surface area contributed by atoms with Crippen LogP contribution in [-0.2, 0) is 27.1 Å². The highest BCUT2D eigenvalue weighted by atomic mass is 35.5. The third-order valence-electron chi connectivity index (χ3n) is 4.49. The van der Waals surface area contributed by atoms with E-state index >= 15 is 0 Å². The molecule has 0 aliphatic carbocycles. The number of benzene rings is 1. The molecule has 1 unspecified atom stereocenters. The molecule has 0 spiro atoms. The number of aryl methyl sites for hydroxylation is 2. The molecule has 0 saturated carbocycles. The van der Waals surface area contributed by atoms with Crippen molar-refractivity contribution in [2.45, 2.75) is 58.8 Å². The van der Waals surface area contributed by atoms with Gasteiger partial charge in [-0.15, -0.1) is 0 Å². The predicted molar refractivity (Wildman–Crippen MR) is 97.8 cm³/mol. The Bertz CT molecular complexity index is 521. The van der Waals surface area contributed by atoms with Gasteiger partial charge in [-0.2, -0.15) is 0 Å². The van der Waals surface area contributed by atoms with E-state index in [1.54, 1.807) is 0 Å². The average Bonchev–Trinajstić information content (AvgIpc) is 3.10. The van der Waals surface area contributed by atoms with Crippen molar-refractivity contribution in [3.8, 4) is 0 Å². The van der Waals surface area contributed by atoms with Gasteiger partial charge in [0.2, 0.25) is 5.24 Å². The minimum absolute atomic E-state index is 0.310. The Morgan fingerprint density at radius 2 is 1.79 bits per heavy atom. The molecular weight excluding hydrogens is 326 g/mol. The lowest BCUT2D eigenvalue weighted by Gasteiger charge is -2.35. The third-order valence-corrected chi connectivity index (χ3v) is 4.74. The molecule has 1 aromatic rings. The van der Waals surface area contributed by atoms with E-state index in [9.17, 15) is 4.79 Å². The Hall–Kier alpha value is -1.10. The first kappa shape index (κ1) is 19.2. The maximum atomic E-state index is 12.2. The van der Waals surface area contributed by atoms with Crippen LogP contribution < -0.4 is 4.90 Å². The number of nitrogens with zero attached hydrogens (tertiary/aromatic N) is 1. The first-order valence-electron chi connectivity index (χ1n) is 8.92. The minimum Gasteiger partial charge on any atom is -0.355 e. The third kappa shape index (κ3) is 4.50. The summed E-state index contributed by atoms with van der Waals surface area (Å²) < 4.78 is 11.3. The van der Waals surface area contributed by atoms with Gasteiger partial charge < -0.3 is 14.4 Å². The summed E-state index contributed by atoms with van der Waals surface area (Å²) in [5, 5.41) is -0.317. The van der Waals surface area contributed by atoms with Crippen LogP contribution in [-0.4, -0.2) is 37.3 Å². The van der Waals surface area contributed by atoms with Gasteiger partial charge >= 0.3 is 0 Å². The van der Waals surface area contributed by atoms with E-state index in [4.69, 9.17) is 21.1 Å². The quantitative estimate of drug-likeness (QED) is 0.631. The van der Waals surface area contributed by atoms with Crippen LogP contribution in [0, 0.1) is 0 Å². The van der Waals surface area contributed by atoms with Crippen LogP contribution in [0.3, 0.4) is 0 Å². The topological polar surface area (TPSA) is 38.8 Å². The molecule has 1 saturated heterocycles. The van der Waals surface area contributed by atoms with Gasteiger partial charge in [0.15, 0.2) is 6.29 Å². The second-order valence-electron chi connectivity index (χ2n) is 6.06. The van der Waals surface area contributed by atoms with Crippen molar-refractivity contribution in [1.82, 2.24) is 0 Å². The summed E-state index contributed by atoms with van der Waals surface area (Å²) in [6.45, 7) is 8.06. The fourth-order valence-electron chi connectivity index (χ4n) is 3.30. The van der Waals surface area contributed by atoms with Crippen LogP contribution in [0.15, 0.2) is 18.2 Å². The summed E-state index contributed by atoms with van der Waals surface area (Å²) >= 11 is 5.98. The van der Waals surface area contributed by atoms with Gasteiger partial charge in [-0.3, -0.25) is 4.79 Å². The van der Waals surface area contributed by atoms with E-state index in [1.165, 1.54) is 11.1 Å². The number of para-hydroxylation sites is 1. The number of halogens is 1. The zero-order chi connectivity index (χ0) is 17.5. The summed E-state index contributed by atoms with van der Waals surface area (Å²) in [6.07, 6.45) is 3.11. The van der Waals surface area contributed by atoms with E-state index < -0.39 is 0 Å². The first-order chi connectivity index (χ1) is 11.6. The molecule has 0 amide bonds. The van der Waals surface area contributed by atoms with Gasteiger partial charge in [0.25, 0.3) is 0 Å². The van der Waals surface area contributed by atoms with Crippen LogP contribution in [0.25, 0.3) is 0 Å². The molecular formula is C19H28ClNO3. The fourth-order valence-corrected chi connectivity index (χ4v) is 3.52. The molecule has 0 radical (unpaired) electrons. The lowest BCUT2D eigenvalue weighted by molar-refractivity contribution is -0.113. The zero-order valence-electron chi connectivity index (χ0n) is 14.9. The standard InChI is InChI=1S/C19H28ClNO3/c1-4-8-16(19(20)22)21(13-17-23-11-12-24-17)18-14(5-2)9-7-10-15(18)6-3/h7,9-10,16-17H,4-6,8,11-13H2,1-3H3. The molecule has 1 aliphatic rings. The maximum absolute atomic E-state index is 12.2. The van der Waals surface area contributed by atoms with E-state index in [2.05, 4.69) is 43.9 Å². The molecule has 134 valence electrons. The number of hydrogen-bond acceptors (Lipinski definition) is 4. The van der Waals surface area contributed by atoms with Gasteiger partial charge in [0.05, 0.1) is 19.8 Å². The van der Waals surface area contributed by atoms with Gasteiger partial charge in [-0.25, -0.2) is 0 Å². The number of carbonyl (C=O) groups is 1. The van der Waals surface area contributed by atoms with Crippen molar-refractivity contribution in [3.63, 3.8) is 0 Å². The van der Waals surface area contributed by atoms with Crippen LogP contribution in [0.1, 0.15) is 44.7 Å². The zero-order valence-corrected chi connectivity index (χ0v) is 15.6. The summed E-state index contributed by atoms with van der Waals surface area (Å²) in [4.78, 5) is 14.3. The van der Waals surface area contributed by atoms with Crippen molar-refractivity contribution in [3.05, 3.63) is 29.3 Å². The summed E-state index contributed by atoms with van der Waals surface area (Å²) in [6, 6.07) is 5.97. The molecule has 0 bridgehead atoms. The van der Waals surface area contributed by atoms with E-state index in [1.807, 2.05) is 0 Å². The molecule has 24 heavy (non-hydrogen) atoms. The van der Waals surface area contributed by atoms with Crippen LogP contribution >= 0.6 is 11.6 Å². The molecule has 4 nitrogen and oxygen atoms in total. The summed E-state index contributed by atoms with van der Waals surface area (Å²) in [5.74, 6) is 0. The van der Waals surface area contributed by atoms with E-state index in [0.29, 0.717) is 19.8 Å². The number of hydrogen-bond donors (Lipinski definition) is 0. The van der Waals surface area contributed by atoms with Crippen LogP contribution in [0.5, 0.6) is 0 Å². The number of rotatable bonds is 9. The number of anilines is 1. The number of carbonyl (C=O) groups excluding carboxylic acids is 1. The molecule has 2 rings (SSSR count). The van der Waals surface area contributed by atoms with Gasteiger partial charge in [-0.1, -0.05) is 45.4 Å². The molecule has 5 heteroatoms. The summed E-state index contributed by atoms with van der Waals surface area (Å²) in [5.41, 5.74) is 3.58. The molecule has 0 aromatic heterocycles. The summed E-state index contributed by atoms with van der Waals surface area (Å²) in [7, 11) is 0. The second-order valence-corrected chi connectivity index (χ2v) is 6.44. The van der Waals surface area contributed by atoms with Crippen LogP contribution in [0.4, 0.5) is 5.69 Å². The first-order valence-corrected chi connectivity index (χ1v) is 9.30. The van der Waals surface area contributed by atoms with Crippen molar-refractivity contribution in [1.29, 1.82) is 0 Å². The Balaban J connectivity index is 2.45. The highest BCUT2D eigenvalue weighted by Crippen LogP contribution is 2.31. The predicted octanol–water partition coefficient (Wildman–Crippen LogP) is 3.92. The Morgan fingerprint density at radius 1 is 1.21 bits per heavy atom. The molecule has 0 N–H and O–H groups in total. The smallest absolute Gasteiger partial charge is 0.244 e. The van der Waals surface area contributed by atoms with Crippen molar-refractivity contribution in [2.24, 2.45) is 0 Å². The Kier molecular flexibility index (Phi) is 7.53. The fraction of sp³-hybridized carbons (Fsp3) is 0.632. The average molecular weight is 354 g/mol. The SMILES string of the molecule is CCCC(C(=O)Cl)N(CC1OCCO1)c1c(CC)cccc1CC. The maximum Gasteiger partial charge on any atom is 0.244 e. The van der Waals surface area contributed by atoms with Crippen molar-refractivity contribution in [2.75, 3.05) is 24.7 Å². The van der Waals surface area contributed by atoms with Crippen LogP contribution in [0.2, 0.25) is 0 Å². The van der Waals surface area contributed by atoms with Crippen molar-refractivity contribution < 1.29 is 14.3 Å². The van der Waals surface area contributed by atoms with E-state index in [0.717, 1.165) is 31.4 Å². The minimum atomic E-state index is -0.359. The molecule has 1 atom stereocenters. The molecule has 1 aromatic carbocycles. The molecule has 1 heterocycles. The van der Waals surface area contributed by atoms with Gasteiger partial charge in [-0.05, 0) is 42.0 Å². The van der Waals surface area contributed by atoms with Gasteiger partial charge in [0, 0.05) is 5.69 Å². The highest BCUT2D eigenvalue weighted by molar-refractivity contribution is 6.65.